The highest BCUT2D eigenvalue weighted by molar-refractivity contribution is 8.00. The second kappa shape index (κ2) is 7.04. The van der Waals surface area contributed by atoms with Crippen molar-refractivity contribution >= 4 is 58.2 Å². The second-order valence-electron chi connectivity index (χ2n) is 4.41. The fraction of sp³-hybridized carbons (Fsp3) is 0.154. The molecule has 2 aromatic rings. The third kappa shape index (κ3) is 4.66. The van der Waals surface area contributed by atoms with Crippen LogP contribution in [0.3, 0.4) is 0 Å². The molecule has 1 atom stereocenters. The number of aromatic nitrogens is 2. The van der Waals surface area contributed by atoms with E-state index in [4.69, 9.17) is 34.7 Å². The molecule has 116 valence electrons. The van der Waals surface area contributed by atoms with Crippen LogP contribution in [0.1, 0.15) is 6.92 Å². The summed E-state index contributed by atoms with van der Waals surface area (Å²) in [6.45, 7) is 1.72. The monoisotopic (exact) mass is 357 g/mol. The molecule has 1 amide bonds. The number of nitrogens with zero attached hydrogens (tertiary/aromatic N) is 2. The number of halogens is 2. The van der Waals surface area contributed by atoms with Gasteiger partial charge in [0.25, 0.3) is 0 Å². The van der Waals surface area contributed by atoms with Crippen LogP contribution in [0.25, 0.3) is 0 Å². The molecular formula is C13H13Cl2N5OS. The quantitative estimate of drug-likeness (QED) is 0.573. The molecule has 0 saturated heterocycles. The molecule has 1 aromatic heterocycles. The van der Waals surface area contributed by atoms with Gasteiger partial charge in [0.05, 0.1) is 5.25 Å². The van der Waals surface area contributed by atoms with Crippen molar-refractivity contribution in [3.05, 3.63) is 34.3 Å². The number of rotatable bonds is 4. The summed E-state index contributed by atoms with van der Waals surface area (Å²) in [5.41, 5.74) is 11.7. The third-order valence-electron chi connectivity index (χ3n) is 2.53. The minimum atomic E-state index is -0.459. The Bertz CT molecular complexity index is 672. The molecule has 1 unspecified atom stereocenters. The summed E-state index contributed by atoms with van der Waals surface area (Å²) in [5.74, 6) is 0.265. The van der Waals surface area contributed by atoms with Crippen molar-refractivity contribution < 1.29 is 4.79 Å². The van der Waals surface area contributed by atoms with Gasteiger partial charge in [-0.15, -0.1) is 0 Å². The molecule has 0 aliphatic rings. The molecule has 0 saturated carbocycles. The smallest absolute Gasteiger partial charge is 0.237 e. The number of hydrogen-bond donors (Lipinski definition) is 3. The van der Waals surface area contributed by atoms with Crippen molar-refractivity contribution in [1.82, 2.24) is 9.97 Å². The lowest BCUT2D eigenvalue weighted by Crippen LogP contribution is -2.22. The second-order valence-corrected chi connectivity index (χ2v) is 6.59. The van der Waals surface area contributed by atoms with Gasteiger partial charge in [0.15, 0.2) is 5.16 Å². The summed E-state index contributed by atoms with van der Waals surface area (Å²) in [5, 5.41) is 3.48. The summed E-state index contributed by atoms with van der Waals surface area (Å²) >= 11 is 12.9. The Morgan fingerprint density at radius 2 is 1.68 bits per heavy atom. The van der Waals surface area contributed by atoms with E-state index in [2.05, 4.69) is 15.3 Å². The fourth-order valence-corrected chi connectivity index (χ4v) is 2.92. The number of hydrogen-bond acceptors (Lipinski definition) is 6. The molecule has 0 fully saturated rings. The van der Waals surface area contributed by atoms with Gasteiger partial charge in [-0.3, -0.25) is 4.79 Å². The summed E-state index contributed by atoms with van der Waals surface area (Å²) in [6.07, 6.45) is 0. The zero-order valence-electron chi connectivity index (χ0n) is 11.5. The van der Waals surface area contributed by atoms with Gasteiger partial charge in [-0.2, -0.15) is 0 Å². The normalized spacial score (nSPS) is 12.0. The minimum Gasteiger partial charge on any atom is -0.383 e. The molecule has 1 aromatic carbocycles. The first kappa shape index (κ1) is 16.7. The number of benzene rings is 1. The minimum absolute atomic E-state index is 0.243. The van der Waals surface area contributed by atoms with Gasteiger partial charge in [0, 0.05) is 21.8 Å². The topological polar surface area (TPSA) is 107 Å². The molecule has 0 spiro atoms. The van der Waals surface area contributed by atoms with Crippen molar-refractivity contribution in [2.75, 3.05) is 16.8 Å². The number of nitrogen functional groups attached to an aromatic ring is 2. The van der Waals surface area contributed by atoms with Gasteiger partial charge in [-0.1, -0.05) is 35.0 Å². The summed E-state index contributed by atoms with van der Waals surface area (Å²) in [4.78, 5) is 20.2. The van der Waals surface area contributed by atoms with Gasteiger partial charge in [0.1, 0.15) is 11.6 Å². The van der Waals surface area contributed by atoms with Crippen LogP contribution in [0.5, 0.6) is 0 Å². The predicted octanol–water partition coefficient (Wildman–Crippen LogP) is 3.07. The first-order valence-electron chi connectivity index (χ1n) is 6.17. The van der Waals surface area contributed by atoms with Crippen LogP contribution in [-0.2, 0) is 4.79 Å². The van der Waals surface area contributed by atoms with E-state index >= 15 is 0 Å². The standard InChI is InChI=1S/C13H13Cl2N5OS/c1-6(22-13-19-10(16)5-11(17)20-13)12(21)18-9-3-7(14)2-8(15)4-9/h2-6H,1H3,(H,18,21)(H4,16,17,19,20). The number of nitrogens with two attached hydrogens (primary N) is 2. The highest BCUT2D eigenvalue weighted by atomic mass is 35.5. The molecule has 0 aliphatic carbocycles. The molecule has 0 radical (unpaired) electrons. The Morgan fingerprint density at radius 3 is 2.23 bits per heavy atom. The maximum absolute atomic E-state index is 12.2. The van der Waals surface area contributed by atoms with Gasteiger partial charge < -0.3 is 16.8 Å². The summed E-state index contributed by atoms with van der Waals surface area (Å²) in [7, 11) is 0. The average Bonchev–Trinajstić information content (AvgIpc) is 2.35. The van der Waals surface area contributed by atoms with E-state index in [9.17, 15) is 4.79 Å². The van der Waals surface area contributed by atoms with Gasteiger partial charge >= 0.3 is 0 Å². The third-order valence-corrected chi connectivity index (χ3v) is 3.92. The zero-order chi connectivity index (χ0) is 16.3. The van der Waals surface area contributed by atoms with Crippen LogP contribution in [0.2, 0.25) is 10.0 Å². The fourth-order valence-electron chi connectivity index (χ4n) is 1.60. The number of nitrogens with one attached hydrogen (secondary N) is 1. The molecule has 9 heteroatoms. The van der Waals surface area contributed by atoms with E-state index in [0.717, 1.165) is 11.8 Å². The van der Waals surface area contributed by atoms with Crippen molar-refractivity contribution in [3.63, 3.8) is 0 Å². The van der Waals surface area contributed by atoms with E-state index in [1.54, 1.807) is 25.1 Å². The van der Waals surface area contributed by atoms with Crippen molar-refractivity contribution in [2.24, 2.45) is 0 Å². The van der Waals surface area contributed by atoms with Crippen molar-refractivity contribution in [3.8, 4) is 0 Å². The largest absolute Gasteiger partial charge is 0.383 e. The Morgan fingerprint density at radius 1 is 1.14 bits per heavy atom. The first-order valence-corrected chi connectivity index (χ1v) is 7.80. The Balaban J connectivity index is 2.05. The van der Waals surface area contributed by atoms with Gasteiger partial charge in [-0.05, 0) is 25.1 Å². The predicted molar refractivity (Wildman–Crippen MR) is 91.3 cm³/mol. The lowest BCUT2D eigenvalue weighted by Gasteiger charge is -2.12. The van der Waals surface area contributed by atoms with Crippen molar-refractivity contribution in [1.29, 1.82) is 0 Å². The summed E-state index contributed by atoms with van der Waals surface area (Å²) in [6, 6.07) is 6.25. The Kier molecular flexibility index (Phi) is 5.33. The molecule has 6 nitrogen and oxygen atoms in total. The molecule has 22 heavy (non-hydrogen) atoms. The van der Waals surface area contributed by atoms with Crippen LogP contribution in [-0.4, -0.2) is 21.1 Å². The van der Waals surface area contributed by atoms with E-state index < -0.39 is 5.25 Å². The lowest BCUT2D eigenvalue weighted by atomic mass is 10.3. The lowest BCUT2D eigenvalue weighted by molar-refractivity contribution is -0.115. The van der Waals surface area contributed by atoms with Crippen LogP contribution in [0.4, 0.5) is 17.3 Å². The SMILES string of the molecule is CC(Sc1nc(N)cc(N)n1)C(=O)Nc1cc(Cl)cc(Cl)c1. The number of carbonyl (C=O) groups excluding carboxylic acids is 1. The van der Waals surface area contributed by atoms with Crippen LogP contribution < -0.4 is 16.8 Å². The number of thioether (sulfide) groups is 1. The number of carbonyl (C=O) groups is 1. The Hall–Kier alpha value is -1.70. The number of amides is 1. The highest BCUT2D eigenvalue weighted by Crippen LogP contribution is 2.25. The van der Waals surface area contributed by atoms with Crippen LogP contribution >= 0.6 is 35.0 Å². The van der Waals surface area contributed by atoms with Crippen LogP contribution in [0, 0.1) is 0 Å². The van der Waals surface area contributed by atoms with Gasteiger partial charge in [0.2, 0.25) is 5.91 Å². The number of anilines is 3. The maximum Gasteiger partial charge on any atom is 0.237 e. The highest BCUT2D eigenvalue weighted by Gasteiger charge is 2.17. The van der Waals surface area contributed by atoms with E-state index in [-0.39, 0.29) is 17.5 Å². The van der Waals surface area contributed by atoms with E-state index in [1.807, 2.05) is 0 Å². The molecular weight excluding hydrogens is 345 g/mol. The van der Waals surface area contributed by atoms with Crippen molar-refractivity contribution in [2.45, 2.75) is 17.3 Å². The summed E-state index contributed by atoms with van der Waals surface area (Å²) < 4.78 is 0. The average molecular weight is 358 g/mol. The van der Waals surface area contributed by atoms with E-state index in [1.165, 1.54) is 6.07 Å². The zero-order valence-corrected chi connectivity index (χ0v) is 13.8. The maximum atomic E-state index is 12.2. The molecule has 0 bridgehead atoms. The Labute approximate surface area is 141 Å². The molecule has 2 rings (SSSR count). The van der Waals surface area contributed by atoms with Gasteiger partial charge in [-0.25, -0.2) is 9.97 Å². The van der Waals surface area contributed by atoms with E-state index in [0.29, 0.717) is 20.9 Å². The molecule has 5 N–H and O–H groups in total. The molecule has 0 aliphatic heterocycles. The molecule has 1 heterocycles. The van der Waals surface area contributed by atoms with Crippen LogP contribution in [0.15, 0.2) is 29.4 Å². The first-order chi connectivity index (χ1) is 10.3.